The molecule has 0 unspecified atom stereocenters. The average Bonchev–Trinajstić information content (AvgIpc) is 3.16. The lowest BCUT2D eigenvalue weighted by Gasteiger charge is -2.48. The van der Waals surface area contributed by atoms with E-state index < -0.39 is 11.7 Å². The first-order chi connectivity index (χ1) is 16.1. The number of anilines is 2. The normalized spacial score (nSPS) is 19.0. The topological polar surface area (TPSA) is 57.2 Å². The van der Waals surface area contributed by atoms with Crippen molar-refractivity contribution >= 4 is 22.4 Å². The number of fused-ring (bicyclic) bond motifs is 1. The van der Waals surface area contributed by atoms with E-state index in [0.29, 0.717) is 16.8 Å². The van der Waals surface area contributed by atoms with E-state index in [0.717, 1.165) is 54.5 Å². The lowest BCUT2D eigenvalue weighted by Crippen LogP contribution is -2.57. The highest BCUT2D eigenvalue weighted by atomic mass is 19.4. The number of aryl methyl sites for hydroxylation is 1. The Kier molecular flexibility index (Phi) is 5.42. The molecule has 9 heteroatoms. The van der Waals surface area contributed by atoms with Gasteiger partial charge in [-0.3, -0.25) is 0 Å². The van der Waals surface area contributed by atoms with E-state index in [1.807, 2.05) is 26.1 Å². The molecule has 0 aliphatic carbocycles. The van der Waals surface area contributed by atoms with Crippen molar-refractivity contribution in [3.05, 3.63) is 52.8 Å². The summed E-state index contributed by atoms with van der Waals surface area (Å²) in [7, 11) is 2.17. The van der Waals surface area contributed by atoms with E-state index in [-0.39, 0.29) is 11.6 Å². The van der Waals surface area contributed by atoms with Crippen molar-refractivity contribution in [2.24, 2.45) is 5.41 Å². The number of pyridine rings is 1. The Morgan fingerprint density at radius 3 is 2.53 bits per heavy atom. The Labute approximate surface area is 197 Å². The van der Waals surface area contributed by atoms with E-state index in [1.165, 1.54) is 19.4 Å². The summed E-state index contributed by atoms with van der Waals surface area (Å²) in [6.07, 6.45) is -1.36. The van der Waals surface area contributed by atoms with Gasteiger partial charge in [0.15, 0.2) is 5.82 Å². The fourth-order valence-electron chi connectivity index (χ4n) is 5.50. The molecule has 6 nitrogen and oxygen atoms in total. The van der Waals surface area contributed by atoms with Crippen LogP contribution in [0.2, 0.25) is 0 Å². The molecule has 2 aromatic heterocycles. The zero-order valence-electron chi connectivity index (χ0n) is 19.9. The van der Waals surface area contributed by atoms with Crippen LogP contribution in [0.5, 0.6) is 0 Å². The molecule has 0 amide bonds. The summed E-state index contributed by atoms with van der Waals surface area (Å²) in [4.78, 5) is 9.35. The zero-order valence-corrected chi connectivity index (χ0v) is 19.9. The molecule has 1 atom stereocenters. The van der Waals surface area contributed by atoms with E-state index in [4.69, 9.17) is 0 Å². The quantitative estimate of drug-likeness (QED) is 0.581. The smallest absolute Gasteiger partial charge is 0.362 e. The van der Waals surface area contributed by atoms with Gasteiger partial charge in [-0.2, -0.15) is 18.3 Å². The first kappa shape index (κ1) is 22.8. The Bertz CT molecular complexity index is 1240. The monoisotopic (exact) mass is 470 g/mol. The number of hydrogen-bond donors (Lipinski definition) is 1. The van der Waals surface area contributed by atoms with Gasteiger partial charge in [-0.25, -0.2) is 4.98 Å². The van der Waals surface area contributed by atoms with Crippen LogP contribution in [-0.4, -0.2) is 53.3 Å². The second kappa shape index (κ2) is 8.08. The molecule has 3 aromatic rings. The van der Waals surface area contributed by atoms with Gasteiger partial charge in [0.05, 0.1) is 17.3 Å². The van der Waals surface area contributed by atoms with E-state index in [9.17, 15) is 13.2 Å². The van der Waals surface area contributed by atoms with Gasteiger partial charge in [-0.15, -0.1) is 5.10 Å². The van der Waals surface area contributed by atoms with Crippen molar-refractivity contribution in [1.82, 2.24) is 20.1 Å². The number of nitrogens with one attached hydrogen (secondary N) is 1. The molecule has 1 aromatic carbocycles. The average molecular weight is 471 g/mol. The lowest BCUT2D eigenvalue weighted by molar-refractivity contribution is -0.138. The van der Waals surface area contributed by atoms with Crippen LogP contribution < -0.4 is 10.2 Å². The molecular weight excluding hydrogens is 441 g/mol. The van der Waals surface area contributed by atoms with Gasteiger partial charge in [-0.05, 0) is 64.0 Å². The maximum absolute atomic E-state index is 13.4. The molecule has 2 saturated heterocycles. The minimum Gasteiger partial charge on any atom is -0.362 e. The number of likely N-dealkylation sites (tertiary alicyclic amines) is 1. The van der Waals surface area contributed by atoms with Gasteiger partial charge in [-0.1, -0.05) is 12.1 Å². The number of halogens is 3. The fraction of sp³-hybridized carbons (Fsp3) is 0.480. The van der Waals surface area contributed by atoms with Crippen molar-refractivity contribution in [2.45, 2.75) is 39.4 Å². The first-order valence-corrected chi connectivity index (χ1v) is 11.6. The predicted molar refractivity (Wildman–Crippen MR) is 127 cm³/mol. The van der Waals surface area contributed by atoms with Crippen LogP contribution in [0.15, 0.2) is 30.5 Å². The van der Waals surface area contributed by atoms with E-state index in [2.05, 4.69) is 37.3 Å². The third-order valence-corrected chi connectivity index (χ3v) is 7.34. The third kappa shape index (κ3) is 3.96. The second-order valence-corrected chi connectivity index (χ2v) is 9.95. The first-order valence-electron chi connectivity index (χ1n) is 11.6. The molecule has 2 aliphatic heterocycles. The van der Waals surface area contributed by atoms with Gasteiger partial charge < -0.3 is 15.1 Å². The molecular formula is C25H29F3N6. The van der Waals surface area contributed by atoms with Crippen LogP contribution in [0.1, 0.15) is 41.8 Å². The fourth-order valence-corrected chi connectivity index (χ4v) is 5.50. The lowest BCUT2D eigenvalue weighted by atomic mass is 9.79. The van der Waals surface area contributed by atoms with Gasteiger partial charge in [0.1, 0.15) is 5.82 Å². The number of nitrogens with zero attached hydrogens (tertiary/aromatic N) is 5. The molecule has 2 fully saturated rings. The van der Waals surface area contributed by atoms with Gasteiger partial charge in [0.2, 0.25) is 0 Å². The second-order valence-electron chi connectivity index (χ2n) is 9.95. The predicted octanol–water partition coefficient (Wildman–Crippen LogP) is 4.98. The zero-order chi connectivity index (χ0) is 24.3. The van der Waals surface area contributed by atoms with Crippen LogP contribution in [0.4, 0.5) is 24.8 Å². The largest absolute Gasteiger partial charge is 0.416 e. The summed E-state index contributed by atoms with van der Waals surface area (Å²) < 4.78 is 40.2. The van der Waals surface area contributed by atoms with Crippen LogP contribution in [0.25, 0.3) is 10.8 Å². The van der Waals surface area contributed by atoms with Crippen LogP contribution in [-0.2, 0) is 6.18 Å². The number of alkyl halides is 3. The molecule has 0 radical (unpaired) electrons. The maximum Gasteiger partial charge on any atom is 0.416 e. The standard InChI is InChI=1S/C25H29F3N6/c1-15-18(6-5-7-21(15)25(26,27)28)16(2)30-23-19-10-22(29-11-20(19)17(3)31-32-23)34-13-24(14-34)8-9-33(4)12-24/h5-7,10-11,16H,8-9,12-14H2,1-4H3,(H,30,32)/t16-/m1/s1. The summed E-state index contributed by atoms with van der Waals surface area (Å²) >= 11 is 0. The van der Waals surface area contributed by atoms with Crippen molar-refractivity contribution in [1.29, 1.82) is 0 Å². The molecule has 180 valence electrons. The highest BCUT2D eigenvalue weighted by molar-refractivity contribution is 5.94. The Morgan fingerprint density at radius 2 is 1.85 bits per heavy atom. The number of hydrogen-bond acceptors (Lipinski definition) is 6. The number of rotatable bonds is 4. The van der Waals surface area contributed by atoms with Gasteiger partial charge in [0, 0.05) is 42.0 Å². The highest BCUT2D eigenvalue weighted by Crippen LogP contribution is 2.42. The molecule has 2 aliphatic rings. The van der Waals surface area contributed by atoms with Crippen LogP contribution >= 0.6 is 0 Å². The molecule has 1 spiro atoms. The van der Waals surface area contributed by atoms with Crippen molar-refractivity contribution in [2.75, 3.05) is 43.4 Å². The van der Waals surface area contributed by atoms with Crippen molar-refractivity contribution < 1.29 is 13.2 Å². The summed E-state index contributed by atoms with van der Waals surface area (Å²) in [5.74, 6) is 1.44. The highest BCUT2D eigenvalue weighted by Gasteiger charge is 2.47. The molecule has 4 heterocycles. The summed E-state index contributed by atoms with van der Waals surface area (Å²) in [6, 6.07) is 5.92. The van der Waals surface area contributed by atoms with Crippen LogP contribution in [0.3, 0.4) is 0 Å². The number of aromatic nitrogens is 3. The number of benzene rings is 1. The summed E-state index contributed by atoms with van der Waals surface area (Å²) in [5.41, 5.74) is 1.30. The van der Waals surface area contributed by atoms with Crippen LogP contribution in [0, 0.1) is 19.3 Å². The van der Waals surface area contributed by atoms with Crippen molar-refractivity contribution in [3.63, 3.8) is 0 Å². The Morgan fingerprint density at radius 1 is 1.09 bits per heavy atom. The SMILES string of the molecule is Cc1c([C@@H](C)Nc2nnc(C)c3cnc(N4CC5(CCN(C)C5)C4)cc23)cccc1C(F)(F)F. The summed E-state index contributed by atoms with van der Waals surface area (Å²) in [5, 5.41) is 13.7. The molecule has 34 heavy (non-hydrogen) atoms. The minimum absolute atomic E-state index is 0.217. The minimum atomic E-state index is -4.39. The summed E-state index contributed by atoms with van der Waals surface area (Å²) in [6.45, 7) is 9.45. The molecule has 1 N–H and O–H groups in total. The van der Waals surface area contributed by atoms with E-state index in [1.54, 1.807) is 6.07 Å². The maximum atomic E-state index is 13.4. The van der Waals surface area contributed by atoms with E-state index >= 15 is 0 Å². The Balaban J connectivity index is 1.44. The Hall–Kier alpha value is -2.94. The molecule has 0 bridgehead atoms. The third-order valence-electron chi connectivity index (χ3n) is 7.34. The van der Waals surface area contributed by atoms with Gasteiger partial charge in [0.25, 0.3) is 0 Å². The van der Waals surface area contributed by atoms with Gasteiger partial charge >= 0.3 is 6.18 Å². The molecule has 0 saturated carbocycles. The molecule has 5 rings (SSSR count). The van der Waals surface area contributed by atoms with Crippen molar-refractivity contribution in [3.8, 4) is 0 Å².